The Morgan fingerprint density at radius 2 is 2.05 bits per heavy atom. The minimum absolute atomic E-state index is 0.553. The smallest absolute Gasteiger partial charge is 0.0451 e. The molecule has 1 N–H and O–H groups in total. The number of nitrogens with zero attached hydrogens (tertiary/aromatic N) is 2. The number of piperazine rings is 1. The van der Waals surface area contributed by atoms with Gasteiger partial charge in [0.15, 0.2) is 0 Å². The van der Waals surface area contributed by atoms with Crippen molar-refractivity contribution in [2.24, 2.45) is 0 Å². The molecule has 1 atom stereocenters. The van der Waals surface area contributed by atoms with Crippen molar-refractivity contribution in [3.05, 3.63) is 33.8 Å². The fourth-order valence-electron chi connectivity index (χ4n) is 2.37. The Morgan fingerprint density at radius 3 is 2.84 bits per heavy atom. The summed E-state index contributed by atoms with van der Waals surface area (Å²) in [5, 5.41) is 4.98. The lowest BCUT2D eigenvalue weighted by Crippen LogP contribution is -2.53. The van der Waals surface area contributed by atoms with E-state index in [4.69, 9.17) is 23.2 Å². The molecule has 19 heavy (non-hydrogen) atoms. The third kappa shape index (κ3) is 4.33. The summed E-state index contributed by atoms with van der Waals surface area (Å²) < 4.78 is 0. The Morgan fingerprint density at radius 1 is 1.26 bits per heavy atom. The van der Waals surface area contributed by atoms with E-state index in [2.05, 4.69) is 29.2 Å². The van der Waals surface area contributed by atoms with E-state index >= 15 is 0 Å². The van der Waals surface area contributed by atoms with Crippen molar-refractivity contribution in [1.29, 1.82) is 0 Å². The second-order valence-corrected chi connectivity index (χ2v) is 6.11. The molecule has 0 aliphatic carbocycles. The van der Waals surface area contributed by atoms with Gasteiger partial charge in [-0.1, -0.05) is 23.2 Å². The molecule has 1 aliphatic heterocycles. The molecular formula is C14H21Cl2N3. The first-order valence-electron chi connectivity index (χ1n) is 6.59. The Balaban J connectivity index is 1.84. The summed E-state index contributed by atoms with van der Waals surface area (Å²) in [6.45, 7) is 5.10. The lowest BCUT2D eigenvalue weighted by molar-refractivity contribution is 0.113. The molecular weight excluding hydrogens is 281 g/mol. The summed E-state index contributed by atoms with van der Waals surface area (Å²) >= 11 is 12.1. The monoisotopic (exact) mass is 301 g/mol. The van der Waals surface area contributed by atoms with Crippen LogP contribution in [0.1, 0.15) is 5.56 Å². The van der Waals surface area contributed by atoms with E-state index in [1.807, 2.05) is 18.2 Å². The number of rotatable bonds is 4. The van der Waals surface area contributed by atoms with E-state index in [0.29, 0.717) is 6.04 Å². The topological polar surface area (TPSA) is 18.5 Å². The predicted octanol–water partition coefficient (Wildman–Crippen LogP) is 2.33. The highest BCUT2D eigenvalue weighted by atomic mass is 35.5. The van der Waals surface area contributed by atoms with E-state index in [1.54, 1.807) is 0 Å². The van der Waals surface area contributed by atoms with Gasteiger partial charge < -0.3 is 10.2 Å². The van der Waals surface area contributed by atoms with Crippen LogP contribution in [0.15, 0.2) is 18.2 Å². The lowest BCUT2D eigenvalue weighted by Gasteiger charge is -2.37. The van der Waals surface area contributed by atoms with Crippen molar-refractivity contribution in [2.75, 3.05) is 40.3 Å². The molecule has 0 saturated carbocycles. The van der Waals surface area contributed by atoms with Gasteiger partial charge in [-0.15, -0.1) is 0 Å². The Labute approximate surface area is 125 Å². The fourth-order valence-corrected chi connectivity index (χ4v) is 2.75. The van der Waals surface area contributed by atoms with Crippen LogP contribution in [0.2, 0.25) is 10.0 Å². The molecule has 106 valence electrons. The van der Waals surface area contributed by atoms with Crippen LogP contribution in [0.25, 0.3) is 0 Å². The molecule has 3 nitrogen and oxygen atoms in total. The third-order valence-corrected chi connectivity index (χ3v) is 4.29. The molecule has 1 heterocycles. The lowest BCUT2D eigenvalue weighted by atomic mass is 10.1. The molecule has 0 amide bonds. The van der Waals surface area contributed by atoms with E-state index in [9.17, 15) is 0 Å². The molecule has 0 aromatic heterocycles. The van der Waals surface area contributed by atoms with Gasteiger partial charge >= 0.3 is 0 Å². The minimum atomic E-state index is 0.553. The first-order chi connectivity index (χ1) is 9.06. The minimum Gasteiger partial charge on any atom is -0.311 e. The number of hydrogen-bond acceptors (Lipinski definition) is 3. The van der Waals surface area contributed by atoms with Crippen molar-refractivity contribution >= 4 is 23.2 Å². The van der Waals surface area contributed by atoms with Crippen LogP contribution in [0.3, 0.4) is 0 Å². The molecule has 1 aliphatic rings. The summed E-state index contributed by atoms with van der Waals surface area (Å²) in [5.41, 5.74) is 1.06. The van der Waals surface area contributed by atoms with Gasteiger partial charge in [0.1, 0.15) is 0 Å². The maximum Gasteiger partial charge on any atom is 0.0451 e. The third-order valence-electron chi connectivity index (χ3n) is 3.68. The summed E-state index contributed by atoms with van der Waals surface area (Å²) in [6, 6.07) is 6.14. The van der Waals surface area contributed by atoms with Gasteiger partial charge in [0.2, 0.25) is 0 Å². The van der Waals surface area contributed by atoms with Gasteiger partial charge in [-0.25, -0.2) is 0 Å². The van der Waals surface area contributed by atoms with Crippen LogP contribution >= 0.6 is 23.2 Å². The number of likely N-dealkylation sites (N-methyl/N-ethyl adjacent to an activating group) is 2. The number of hydrogen-bond donors (Lipinski definition) is 1. The van der Waals surface area contributed by atoms with Gasteiger partial charge in [-0.3, -0.25) is 4.90 Å². The van der Waals surface area contributed by atoms with E-state index < -0.39 is 0 Å². The quantitative estimate of drug-likeness (QED) is 0.921. The highest BCUT2D eigenvalue weighted by Crippen LogP contribution is 2.20. The molecule has 1 aromatic carbocycles. The number of halogens is 2. The van der Waals surface area contributed by atoms with Gasteiger partial charge in [-0.05, 0) is 37.9 Å². The number of benzene rings is 1. The molecule has 0 spiro atoms. The van der Waals surface area contributed by atoms with Crippen molar-refractivity contribution < 1.29 is 0 Å². The number of nitrogens with one attached hydrogen (secondary N) is 1. The van der Waals surface area contributed by atoms with Gasteiger partial charge in [0.05, 0.1) is 0 Å². The summed E-state index contributed by atoms with van der Waals surface area (Å²) in [6.07, 6.45) is 0. The largest absolute Gasteiger partial charge is 0.311 e. The predicted molar refractivity (Wildman–Crippen MR) is 82.1 cm³/mol. The van der Waals surface area contributed by atoms with Gasteiger partial charge in [0.25, 0.3) is 0 Å². The first-order valence-corrected chi connectivity index (χ1v) is 7.35. The standard InChI is InChI=1S/C14H21Cl2N3/c1-18-5-6-19(2)13(10-18)9-17-8-11-7-12(15)3-4-14(11)16/h3-4,7,13,17H,5-6,8-10H2,1-2H3. The molecule has 1 fully saturated rings. The van der Waals surface area contributed by atoms with Crippen molar-refractivity contribution in [3.63, 3.8) is 0 Å². The van der Waals surface area contributed by atoms with Crippen LogP contribution in [0.5, 0.6) is 0 Å². The molecule has 5 heteroatoms. The molecule has 2 rings (SSSR count). The van der Waals surface area contributed by atoms with E-state index in [1.165, 1.54) is 0 Å². The average Bonchev–Trinajstić information content (AvgIpc) is 2.38. The highest BCUT2D eigenvalue weighted by Gasteiger charge is 2.21. The van der Waals surface area contributed by atoms with Crippen molar-refractivity contribution in [3.8, 4) is 0 Å². The van der Waals surface area contributed by atoms with E-state index in [0.717, 1.165) is 48.3 Å². The summed E-state index contributed by atoms with van der Waals surface area (Å²) in [4.78, 5) is 4.78. The maximum atomic E-state index is 6.15. The fraction of sp³-hybridized carbons (Fsp3) is 0.571. The second kappa shape index (κ2) is 6.91. The Bertz CT molecular complexity index is 425. The molecule has 0 bridgehead atoms. The zero-order valence-corrected chi connectivity index (χ0v) is 13.0. The second-order valence-electron chi connectivity index (χ2n) is 5.26. The average molecular weight is 302 g/mol. The van der Waals surface area contributed by atoms with Crippen molar-refractivity contribution in [1.82, 2.24) is 15.1 Å². The molecule has 0 radical (unpaired) electrons. The van der Waals surface area contributed by atoms with Crippen LogP contribution < -0.4 is 5.32 Å². The molecule has 1 aromatic rings. The van der Waals surface area contributed by atoms with Crippen LogP contribution in [0.4, 0.5) is 0 Å². The SMILES string of the molecule is CN1CCN(C)C(CNCc2cc(Cl)ccc2Cl)C1. The Hall–Kier alpha value is -0.320. The van der Waals surface area contributed by atoms with Gasteiger partial charge in [0, 0.05) is 48.8 Å². The normalized spacial score (nSPS) is 21.8. The Kier molecular flexibility index (Phi) is 5.48. The van der Waals surface area contributed by atoms with Crippen LogP contribution in [-0.4, -0.2) is 56.1 Å². The molecule has 1 saturated heterocycles. The summed E-state index contributed by atoms with van der Waals surface area (Å²) in [5.74, 6) is 0. The summed E-state index contributed by atoms with van der Waals surface area (Å²) in [7, 11) is 4.36. The first kappa shape index (κ1) is 15.1. The maximum absolute atomic E-state index is 6.15. The highest BCUT2D eigenvalue weighted by molar-refractivity contribution is 6.33. The molecule has 1 unspecified atom stereocenters. The van der Waals surface area contributed by atoms with Crippen LogP contribution in [-0.2, 0) is 6.54 Å². The van der Waals surface area contributed by atoms with Crippen LogP contribution in [0, 0.1) is 0 Å². The zero-order chi connectivity index (χ0) is 13.8. The van der Waals surface area contributed by atoms with Crippen molar-refractivity contribution in [2.45, 2.75) is 12.6 Å². The van der Waals surface area contributed by atoms with Gasteiger partial charge in [-0.2, -0.15) is 0 Å². The van der Waals surface area contributed by atoms with E-state index in [-0.39, 0.29) is 0 Å². The zero-order valence-electron chi connectivity index (χ0n) is 11.5.